The Hall–Kier alpha value is -1.13. The summed E-state index contributed by atoms with van der Waals surface area (Å²) >= 11 is 7.47. The van der Waals surface area contributed by atoms with E-state index < -0.39 is 0 Å². The van der Waals surface area contributed by atoms with Crippen molar-refractivity contribution in [2.24, 2.45) is 12.0 Å². The van der Waals surface area contributed by atoms with Crippen LogP contribution in [-0.4, -0.2) is 15.3 Å². The number of aryl methyl sites for hydroxylation is 1. The van der Waals surface area contributed by atoms with Crippen LogP contribution in [0, 0.1) is 0 Å². The summed E-state index contributed by atoms with van der Waals surface area (Å²) in [5.74, 6) is 0. The predicted molar refractivity (Wildman–Crippen MR) is 76.8 cm³/mol. The molecular formula is C13H16ClN3S. The van der Waals surface area contributed by atoms with E-state index in [1.54, 1.807) is 11.3 Å². The molecule has 0 atom stereocenters. The lowest BCUT2D eigenvalue weighted by Gasteiger charge is -2.09. The minimum absolute atomic E-state index is 0.0957. The molecule has 1 heterocycles. The van der Waals surface area contributed by atoms with E-state index in [1.807, 2.05) is 36.0 Å². The second kappa shape index (κ2) is 4.86. The Morgan fingerprint density at radius 3 is 2.39 bits per heavy atom. The normalized spacial score (nSPS) is 13.1. The fourth-order valence-corrected chi connectivity index (χ4v) is 2.65. The molecule has 0 saturated heterocycles. The van der Waals surface area contributed by atoms with Gasteiger partial charge >= 0.3 is 0 Å². The maximum atomic E-state index is 5.88. The van der Waals surface area contributed by atoms with Gasteiger partial charge in [-0.25, -0.2) is 4.68 Å². The molecule has 1 aromatic carbocycles. The van der Waals surface area contributed by atoms with Gasteiger partial charge in [0.1, 0.15) is 5.01 Å². The third-order valence-corrected chi connectivity index (χ3v) is 3.53. The zero-order chi connectivity index (χ0) is 13.3. The monoisotopic (exact) mass is 281 g/mol. The van der Waals surface area contributed by atoms with Crippen LogP contribution < -0.4 is 4.80 Å². The Morgan fingerprint density at radius 2 is 1.83 bits per heavy atom. The molecule has 0 aliphatic rings. The van der Waals surface area contributed by atoms with E-state index >= 15 is 0 Å². The van der Waals surface area contributed by atoms with E-state index in [1.165, 1.54) is 0 Å². The summed E-state index contributed by atoms with van der Waals surface area (Å²) in [4.78, 5) is 5.57. The third-order valence-electron chi connectivity index (χ3n) is 2.23. The van der Waals surface area contributed by atoms with E-state index in [4.69, 9.17) is 11.6 Å². The van der Waals surface area contributed by atoms with Crippen molar-refractivity contribution >= 4 is 22.9 Å². The summed E-state index contributed by atoms with van der Waals surface area (Å²) in [6.07, 6.45) is 0. The first kappa shape index (κ1) is 13.3. The standard InChI is InChI=1S/C13H16ClN3S/c1-13(2,3)15-12-17(4)16-11(18-12)9-5-7-10(14)8-6-9/h5-8H,1-4H3. The molecule has 2 aromatic rings. The maximum Gasteiger partial charge on any atom is 0.203 e. The van der Waals surface area contributed by atoms with Gasteiger partial charge in [0, 0.05) is 17.6 Å². The van der Waals surface area contributed by atoms with Crippen molar-refractivity contribution in [3.8, 4) is 10.6 Å². The number of aromatic nitrogens is 2. The van der Waals surface area contributed by atoms with E-state index in [0.29, 0.717) is 0 Å². The van der Waals surface area contributed by atoms with Gasteiger partial charge in [0.2, 0.25) is 4.80 Å². The first-order valence-electron chi connectivity index (χ1n) is 5.71. The second-order valence-corrected chi connectivity index (χ2v) is 6.50. The van der Waals surface area contributed by atoms with Crippen LogP contribution in [0.2, 0.25) is 5.02 Å². The van der Waals surface area contributed by atoms with Gasteiger partial charge in [0.25, 0.3) is 0 Å². The van der Waals surface area contributed by atoms with Gasteiger partial charge in [0.15, 0.2) is 0 Å². The molecule has 0 aliphatic carbocycles. The minimum Gasteiger partial charge on any atom is -0.252 e. The van der Waals surface area contributed by atoms with Gasteiger partial charge in [-0.1, -0.05) is 35.1 Å². The molecule has 3 nitrogen and oxygen atoms in total. The van der Waals surface area contributed by atoms with Crippen molar-refractivity contribution in [1.82, 2.24) is 9.78 Å². The largest absolute Gasteiger partial charge is 0.252 e. The van der Waals surface area contributed by atoms with E-state index in [-0.39, 0.29) is 5.54 Å². The maximum absolute atomic E-state index is 5.88. The smallest absolute Gasteiger partial charge is 0.203 e. The lowest BCUT2D eigenvalue weighted by Crippen LogP contribution is -2.20. The Balaban J connectivity index is 2.47. The molecule has 2 rings (SSSR count). The molecule has 0 bridgehead atoms. The van der Waals surface area contributed by atoms with Gasteiger partial charge in [-0.2, -0.15) is 5.10 Å². The fourth-order valence-electron chi connectivity index (χ4n) is 1.44. The lowest BCUT2D eigenvalue weighted by atomic mass is 10.1. The van der Waals surface area contributed by atoms with Gasteiger partial charge in [0.05, 0.1) is 5.54 Å². The predicted octanol–water partition coefficient (Wildman–Crippen LogP) is 3.50. The highest BCUT2D eigenvalue weighted by molar-refractivity contribution is 7.12. The van der Waals surface area contributed by atoms with Crippen LogP contribution in [0.5, 0.6) is 0 Å². The van der Waals surface area contributed by atoms with Gasteiger partial charge < -0.3 is 0 Å². The first-order valence-corrected chi connectivity index (χ1v) is 6.90. The highest BCUT2D eigenvalue weighted by Gasteiger charge is 2.10. The molecule has 0 radical (unpaired) electrons. The molecule has 18 heavy (non-hydrogen) atoms. The number of rotatable bonds is 1. The minimum atomic E-state index is -0.0957. The molecule has 0 N–H and O–H groups in total. The average Bonchev–Trinajstić information content (AvgIpc) is 2.59. The molecule has 0 aliphatic heterocycles. The summed E-state index contributed by atoms with van der Waals surface area (Å²) < 4.78 is 1.82. The molecule has 0 fully saturated rings. The van der Waals surface area contributed by atoms with Gasteiger partial charge in [-0.15, -0.1) is 0 Å². The molecule has 1 aromatic heterocycles. The van der Waals surface area contributed by atoms with E-state index in [2.05, 4.69) is 30.9 Å². The topological polar surface area (TPSA) is 30.2 Å². The highest BCUT2D eigenvalue weighted by Crippen LogP contribution is 2.21. The van der Waals surface area contributed by atoms with Crippen molar-refractivity contribution in [2.45, 2.75) is 26.3 Å². The summed E-state index contributed by atoms with van der Waals surface area (Å²) in [6, 6.07) is 7.70. The summed E-state index contributed by atoms with van der Waals surface area (Å²) in [5, 5.41) is 6.18. The molecule has 0 unspecified atom stereocenters. The van der Waals surface area contributed by atoms with Crippen LogP contribution in [0.3, 0.4) is 0 Å². The molecule has 0 amide bonds. The summed E-state index contributed by atoms with van der Waals surface area (Å²) in [6.45, 7) is 6.23. The van der Waals surface area contributed by atoms with Crippen LogP contribution in [0.4, 0.5) is 0 Å². The van der Waals surface area contributed by atoms with Crippen molar-refractivity contribution in [1.29, 1.82) is 0 Å². The quantitative estimate of drug-likeness (QED) is 0.787. The van der Waals surface area contributed by atoms with Gasteiger partial charge in [-0.3, -0.25) is 4.99 Å². The number of hydrogen-bond donors (Lipinski definition) is 0. The first-order chi connectivity index (χ1) is 8.35. The van der Waals surface area contributed by atoms with Crippen LogP contribution in [0.1, 0.15) is 20.8 Å². The number of hydrogen-bond acceptors (Lipinski definition) is 3. The van der Waals surface area contributed by atoms with E-state index in [0.717, 1.165) is 20.4 Å². The van der Waals surface area contributed by atoms with Crippen LogP contribution in [-0.2, 0) is 7.05 Å². The zero-order valence-electron chi connectivity index (χ0n) is 10.9. The van der Waals surface area contributed by atoms with E-state index in [9.17, 15) is 0 Å². The summed E-state index contributed by atoms with van der Waals surface area (Å²) in [5.41, 5.74) is 0.969. The van der Waals surface area contributed by atoms with Crippen LogP contribution >= 0.6 is 22.9 Å². The zero-order valence-corrected chi connectivity index (χ0v) is 12.5. The second-order valence-electron chi connectivity index (χ2n) is 5.10. The van der Waals surface area contributed by atoms with Crippen LogP contribution in [0.15, 0.2) is 29.3 Å². The molecule has 96 valence electrons. The molecule has 0 spiro atoms. The van der Waals surface area contributed by atoms with Crippen molar-refractivity contribution in [3.63, 3.8) is 0 Å². The van der Waals surface area contributed by atoms with Crippen molar-refractivity contribution in [3.05, 3.63) is 34.1 Å². The average molecular weight is 282 g/mol. The molecule has 5 heteroatoms. The van der Waals surface area contributed by atoms with Crippen LogP contribution in [0.25, 0.3) is 10.6 Å². The Bertz CT molecular complexity index is 602. The SMILES string of the molecule is Cn1nc(-c2ccc(Cl)cc2)sc1=NC(C)(C)C. The fraction of sp³-hybridized carbons (Fsp3) is 0.385. The number of nitrogens with zero attached hydrogens (tertiary/aromatic N) is 3. The van der Waals surface area contributed by atoms with Crippen molar-refractivity contribution < 1.29 is 0 Å². The van der Waals surface area contributed by atoms with Gasteiger partial charge in [-0.05, 0) is 32.9 Å². The number of halogens is 1. The summed E-state index contributed by atoms with van der Waals surface area (Å²) in [7, 11) is 1.92. The Labute approximate surface area is 116 Å². The highest BCUT2D eigenvalue weighted by atomic mass is 35.5. The number of benzene rings is 1. The van der Waals surface area contributed by atoms with Crippen molar-refractivity contribution in [2.75, 3.05) is 0 Å². The molecular weight excluding hydrogens is 266 g/mol. The Kier molecular flexibility index (Phi) is 3.59. The Morgan fingerprint density at radius 1 is 1.22 bits per heavy atom. The lowest BCUT2D eigenvalue weighted by molar-refractivity contribution is 0.550. The molecule has 0 saturated carbocycles. The third kappa shape index (κ3) is 3.21.